The average molecular weight is 292 g/mol. The molecule has 0 aliphatic heterocycles. The van der Waals surface area contributed by atoms with Crippen LogP contribution < -0.4 is 5.32 Å². The zero-order valence-electron chi connectivity index (χ0n) is 10.6. The Morgan fingerprint density at radius 2 is 2.00 bits per heavy atom. The number of anilines is 2. The van der Waals surface area contributed by atoms with Gasteiger partial charge in [0.1, 0.15) is 10.7 Å². The molecule has 7 heteroatoms. The molecule has 20 heavy (non-hydrogen) atoms. The van der Waals surface area contributed by atoms with Gasteiger partial charge in [-0.05, 0) is 30.3 Å². The van der Waals surface area contributed by atoms with Crippen molar-refractivity contribution in [2.45, 2.75) is 4.90 Å². The highest BCUT2D eigenvalue weighted by molar-refractivity contribution is 7.90. The molecule has 1 aromatic carbocycles. The van der Waals surface area contributed by atoms with Crippen LogP contribution in [0.1, 0.15) is 10.4 Å². The fraction of sp³-hybridized carbons (Fsp3) is 0.0769. The van der Waals surface area contributed by atoms with E-state index in [1.807, 2.05) is 0 Å². The Morgan fingerprint density at radius 3 is 2.65 bits per heavy atom. The number of carboxylic acids is 1. The molecule has 6 nitrogen and oxygen atoms in total. The van der Waals surface area contributed by atoms with E-state index in [0.29, 0.717) is 5.69 Å². The Labute approximate surface area is 116 Å². The smallest absolute Gasteiger partial charge is 0.335 e. The van der Waals surface area contributed by atoms with E-state index in [4.69, 9.17) is 5.11 Å². The Bertz CT molecular complexity index is 756. The first-order chi connectivity index (χ1) is 9.38. The highest BCUT2D eigenvalue weighted by atomic mass is 32.2. The summed E-state index contributed by atoms with van der Waals surface area (Å²) in [7, 11) is -3.42. The SMILES string of the molecule is CS(=O)(=O)c1cccnc1Nc1cccc(C(=O)O)c1. The van der Waals surface area contributed by atoms with Gasteiger partial charge < -0.3 is 10.4 Å². The van der Waals surface area contributed by atoms with Gasteiger partial charge in [0, 0.05) is 18.1 Å². The number of aromatic nitrogens is 1. The maximum atomic E-state index is 11.6. The first-order valence-electron chi connectivity index (χ1n) is 5.63. The Hall–Kier alpha value is -2.41. The first-order valence-corrected chi connectivity index (χ1v) is 7.52. The van der Waals surface area contributed by atoms with Gasteiger partial charge in [0.05, 0.1) is 5.56 Å². The zero-order valence-corrected chi connectivity index (χ0v) is 11.4. The molecule has 0 saturated carbocycles. The van der Waals surface area contributed by atoms with E-state index in [-0.39, 0.29) is 16.3 Å². The second kappa shape index (κ2) is 5.30. The van der Waals surface area contributed by atoms with Crippen LogP contribution in [0.15, 0.2) is 47.5 Å². The van der Waals surface area contributed by atoms with Crippen LogP contribution in [-0.4, -0.2) is 30.7 Å². The molecule has 1 aromatic heterocycles. The van der Waals surface area contributed by atoms with E-state index in [2.05, 4.69) is 10.3 Å². The summed E-state index contributed by atoms with van der Waals surface area (Å²) in [4.78, 5) is 14.9. The molecule has 0 saturated heterocycles. The van der Waals surface area contributed by atoms with Crippen molar-refractivity contribution in [2.75, 3.05) is 11.6 Å². The number of benzene rings is 1. The standard InChI is InChI=1S/C13H12N2O4S/c1-20(18,19)11-6-3-7-14-12(11)15-10-5-2-4-9(8-10)13(16)17/h2-8H,1H3,(H,14,15)(H,16,17). The molecule has 0 amide bonds. The molecule has 0 fully saturated rings. The lowest BCUT2D eigenvalue weighted by molar-refractivity contribution is 0.0697. The summed E-state index contributed by atoms with van der Waals surface area (Å²) < 4.78 is 23.3. The van der Waals surface area contributed by atoms with Gasteiger partial charge >= 0.3 is 5.97 Å². The van der Waals surface area contributed by atoms with Crippen LogP contribution in [0.3, 0.4) is 0 Å². The number of aromatic carboxylic acids is 1. The van der Waals surface area contributed by atoms with Crippen LogP contribution in [0.25, 0.3) is 0 Å². The molecule has 2 aromatic rings. The second-order valence-corrected chi connectivity index (χ2v) is 6.12. The van der Waals surface area contributed by atoms with E-state index in [1.54, 1.807) is 12.1 Å². The van der Waals surface area contributed by atoms with Gasteiger partial charge in [0.15, 0.2) is 9.84 Å². The lowest BCUT2D eigenvalue weighted by atomic mass is 10.2. The van der Waals surface area contributed by atoms with Crippen molar-refractivity contribution in [1.82, 2.24) is 4.98 Å². The Morgan fingerprint density at radius 1 is 1.25 bits per heavy atom. The van der Waals surface area contributed by atoms with Crippen molar-refractivity contribution in [3.8, 4) is 0 Å². The quantitative estimate of drug-likeness (QED) is 0.893. The monoisotopic (exact) mass is 292 g/mol. The molecule has 2 N–H and O–H groups in total. The zero-order chi connectivity index (χ0) is 14.8. The molecular formula is C13H12N2O4S. The van der Waals surface area contributed by atoms with Crippen molar-refractivity contribution in [3.05, 3.63) is 48.2 Å². The summed E-state index contributed by atoms with van der Waals surface area (Å²) >= 11 is 0. The summed E-state index contributed by atoms with van der Waals surface area (Å²) in [6.45, 7) is 0. The number of hydrogen-bond acceptors (Lipinski definition) is 5. The fourth-order valence-electron chi connectivity index (χ4n) is 1.65. The highest BCUT2D eigenvalue weighted by Gasteiger charge is 2.14. The van der Waals surface area contributed by atoms with E-state index in [9.17, 15) is 13.2 Å². The summed E-state index contributed by atoms with van der Waals surface area (Å²) in [6, 6.07) is 9.01. The van der Waals surface area contributed by atoms with Gasteiger partial charge in [0.2, 0.25) is 0 Å². The molecule has 104 valence electrons. The average Bonchev–Trinajstić information content (AvgIpc) is 2.38. The number of sulfone groups is 1. The largest absolute Gasteiger partial charge is 0.478 e. The van der Waals surface area contributed by atoms with Gasteiger partial charge in [-0.1, -0.05) is 6.07 Å². The van der Waals surface area contributed by atoms with Gasteiger partial charge in [-0.2, -0.15) is 0 Å². The van der Waals surface area contributed by atoms with E-state index in [1.165, 1.54) is 30.5 Å². The molecule has 0 spiro atoms. The highest BCUT2D eigenvalue weighted by Crippen LogP contribution is 2.22. The van der Waals surface area contributed by atoms with E-state index < -0.39 is 15.8 Å². The Kier molecular flexibility index (Phi) is 3.71. The van der Waals surface area contributed by atoms with Crippen LogP contribution in [0, 0.1) is 0 Å². The van der Waals surface area contributed by atoms with Crippen LogP contribution in [0.5, 0.6) is 0 Å². The summed E-state index contributed by atoms with van der Waals surface area (Å²) in [5, 5.41) is 11.7. The molecule has 1 heterocycles. The van der Waals surface area contributed by atoms with E-state index >= 15 is 0 Å². The van der Waals surface area contributed by atoms with Gasteiger partial charge in [0.25, 0.3) is 0 Å². The predicted octanol–water partition coefficient (Wildman–Crippen LogP) is 1.93. The van der Waals surface area contributed by atoms with Gasteiger partial charge in [-0.15, -0.1) is 0 Å². The number of carboxylic acid groups (broad SMARTS) is 1. The van der Waals surface area contributed by atoms with Gasteiger partial charge in [-0.25, -0.2) is 18.2 Å². The minimum Gasteiger partial charge on any atom is -0.478 e. The van der Waals surface area contributed by atoms with Crippen LogP contribution >= 0.6 is 0 Å². The third-order valence-electron chi connectivity index (χ3n) is 2.54. The van der Waals surface area contributed by atoms with Crippen LogP contribution in [0.4, 0.5) is 11.5 Å². The van der Waals surface area contributed by atoms with Crippen molar-refractivity contribution < 1.29 is 18.3 Å². The molecular weight excluding hydrogens is 280 g/mol. The number of rotatable bonds is 4. The number of hydrogen-bond donors (Lipinski definition) is 2. The molecule has 0 unspecified atom stereocenters. The molecule has 0 bridgehead atoms. The molecule has 2 rings (SSSR count). The molecule has 0 aliphatic carbocycles. The van der Waals surface area contributed by atoms with Gasteiger partial charge in [-0.3, -0.25) is 0 Å². The second-order valence-electron chi connectivity index (χ2n) is 4.13. The minimum absolute atomic E-state index is 0.0562. The summed E-state index contributed by atoms with van der Waals surface area (Å²) in [5.74, 6) is -0.893. The minimum atomic E-state index is -3.42. The van der Waals surface area contributed by atoms with Crippen molar-refractivity contribution >= 4 is 27.3 Å². The third-order valence-corrected chi connectivity index (χ3v) is 3.67. The molecule has 0 radical (unpaired) electrons. The topological polar surface area (TPSA) is 96.4 Å². The maximum Gasteiger partial charge on any atom is 0.335 e. The summed E-state index contributed by atoms with van der Waals surface area (Å²) in [6.07, 6.45) is 2.54. The van der Waals surface area contributed by atoms with E-state index in [0.717, 1.165) is 6.26 Å². The van der Waals surface area contributed by atoms with Crippen molar-refractivity contribution in [1.29, 1.82) is 0 Å². The number of nitrogens with one attached hydrogen (secondary N) is 1. The number of carbonyl (C=O) groups is 1. The lowest BCUT2D eigenvalue weighted by Gasteiger charge is -2.09. The number of pyridine rings is 1. The van der Waals surface area contributed by atoms with Crippen LogP contribution in [0.2, 0.25) is 0 Å². The normalized spacial score (nSPS) is 11.1. The molecule has 0 atom stereocenters. The predicted molar refractivity (Wildman–Crippen MR) is 74.0 cm³/mol. The lowest BCUT2D eigenvalue weighted by Crippen LogP contribution is -2.05. The van der Waals surface area contributed by atoms with Crippen molar-refractivity contribution in [2.24, 2.45) is 0 Å². The maximum absolute atomic E-state index is 11.6. The molecule has 0 aliphatic rings. The number of nitrogens with zero attached hydrogens (tertiary/aromatic N) is 1. The Balaban J connectivity index is 2.41. The third kappa shape index (κ3) is 3.12. The first kappa shape index (κ1) is 14.0. The summed E-state index contributed by atoms with van der Waals surface area (Å²) in [5.41, 5.74) is 0.556. The van der Waals surface area contributed by atoms with Crippen LogP contribution in [-0.2, 0) is 9.84 Å². The fourth-order valence-corrected chi connectivity index (χ4v) is 2.43. The van der Waals surface area contributed by atoms with Crippen molar-refractivity contribution in [3.63, 3.8) is 0 Å².